The Labute approximate surface area is 139 Å². The van der Waals surface area contributed by atoms with Crippen LogP contribution in [0.25, 0.3) is 5.69 Å². The normalized spacial score (nSPS) is 13.0. The van der Waals surface area contributed by atoms with Gasteiger partial charge in [-0.1, -0.05) is 15.9 Å². The zero-order chi connectivity index (χ0) is 16.9. The van der Waals surface area contributed by atoms with Crippen LogP contribution in [-0.4, -0.2) is 23.5 Å². The lowest BCUT2D eigenvalue weighted by Crippen LogP contribution is -2.25. The second kappa shape index (κ2) is 5.24. The van der Waals surface area contributed by atoms with E-state index in [-0.39, 0.29) is 16.9 Å². The van der Waals surface area contributed by atoms with Crippen LogP contribution in [0.3, 0.4) is 0 Å². The third kappa shape index (κ3) is 2.14. The summed E-state index contributed by atoms with van der Waals surface area (Å²) in [7, 11) is 1.47. The van der Waals surface area contributed by atoms with Gasteiger partial charge < -0.3 is 10.5 Å². The van der Waals surface area contributed by atoms with Crippen LogP contribution in [0.5, 0.6) is 5.75 Å². The lowest BCUT2D eigenvalue weighted by Gasteiger charge is -2.18. The number of benzene rings is 1. The van der Waals surface area contributed by atoms with Gasteiger partial charge >= 0.3 is 0 Å². The molecule has 2 heterocycles. The SMILES string of the molecule is COc1ccc(Br)c(C)c1-n1c(N)c2c(cc1=O)C(=O)NC2=O. The van der Waals surface area contributed by atoms with Crippen molar-refractivity contribution in [3.8, 4) is 11.4 Å². The van der Waals surface area contributed by atoms with Gasteiger partial charge in [-0.2, -0.15) is 0 Å². The highest BCUT2D eigenvalue weighted by Gasteiger charge is 2.32. The molecule has 1 aromatic heterocycles. The summed E-state index contributed by atoms with van der Waals surface area (Å²) in [6.45, 7) is 1.78. The van der Waals surface area contributed by atoms with Gasteiger partial charge in [0, 0.05) is 10.5 Å². The van der Waals surface area contributed by atoms with Gasteiger partial charge in [-0.25, -0.2) is 0 Å². The molecule has 0 spiro atoms. The van der Waals surface area contributed by atoms with Crippen LogP contribution in [0.1, 0.15) is 26.3 Å². The van der Waals surface area contributed by atoms with E-state index in [0.717, 1.165) is 10.5 Å². The van der Waals surface area contributed by atoms with Crippen molar-refractivity contribution in [2.45, 2.75) is 6.92 Å². The molecule has 0 aliphatic carbocycles. The number of nitrogens with one attached hydrogen (secondary N) is 1. The molecule has 2 aromatic rings. The number of fused-ring (bicyclic) bond motifs is 1. The quantitative estimate of drug-likeness (QED) is 0.769. The van der Waals surface area contributed by atoms with Crippen molar-refractivity contribution in [3.05, 3.63) is 49.7 Å². The maximum absolute atomic E-state index is 12.5. The smallest absolute Gasteiger partial charge is 0.262 e. The number of methoxy groups -OCH3 is 1. The first kappa shape index (κ1) is 15.3. The second-order valence-corrected chi connectivity index (χ2v) is 5.85. The largest absolute Gasteiger partial charge is 0.495 e. The van der Waals surface area contributed by atoms with Gasteiger partial charge in [-0.05, 0) is 24.6 Å². The number of pyridine rings is 1. The summed E-state index contributed by atoms with van der Waals surface area (Å²) in [6.07, 6.45) is 0. The highest BCUT2D eigenvalue weighted by molar-refractivity contribution is 9.10. The highest BCUT2D eigenvalue weighted by Crippen LogP contribution is 2.33. The molecule has 0 radical (unpaired) electrons. The van der Waals surface area contributed by atoms with Crippen LogP contribution < -0.4 is 21.3 Å². The number of imide groups is 1. The number of aromatic nitrogens is 1. The van der Waals surface area contributed by atoms with Gasteiger partial charge in [-0.3, -0.25) is 24.3 Å². The molecular formula is C15H12BrN3O4. The maximum atomic E-state index is 12.5. The summed E-state index contributed by atoms with van der Waals surface area (Å²) in [6, 6.07) is 4.56. The number of carbonyl (C=O) groups is 2. The fourth-order valence-corrected chi connectivity index (χ4v) is 2.92. The Hall–Kier alpha value is -2.61. The minimum Gasteiger partial charge on any atom is -0.495 e. The minimum absolute atomic E-state index is 0.00368. The van der Waals surface area contributed by atoms with E-state index in [2.05, 4.69) is 21.2 Å². The molecule has 0 saturated carbocycles. The average Bonchev–Trinajstić information content (AvgIpc) is 2.78. The van der Waals surface area contributed by atoms with Gasteiger partial charge in [0.1, 0.15) is 11.6 Å². The lowest BCUT2D eigenvalue weighted by molar-refractivity contribution is 0.0880. The fraction of sp³-hybridized carbons (Fsp3) is 0.133. The number of hydrogen-bond acceptors (Lipinski definition) is 5. The Bertz CT molecular complexity index is 933. The van der Waals surface area contributed by atoms with Gasteiger partial charge in [-0.15, -0.1) is 0 Å². The Morgan fingerprint density at radius 1 is 1.22 bits per heavy atom. The Morgan fingerprint density at radius 2 is 1.91 bits per heavy atom. The molecule has 0 fully saturated rings. The second-order valence-electron chi connectivity index (χ2n) is 5.00. The zero-order valence-electron chi connectivity index (χ0n) is 12.3. The third-order valence-corrected chi connectivity index (χ3v) is 4.58. The van der Waals surface area contributed by atoms with E-state index in [1.165, 1.54) is 11.7 Å². The van der Waals surface area contributed by atoms with Crippen molar-refractivity contribution >= 4 is 33.6 Å². The van der Waals surface area contributed by atoms with E-state index in [1.807, 2.05) is 0 Å². The average molecular weight is 378 g/mol. The van der Waals surface area contributed by atoms with Crippen molar-refractivity contribution in [2.75, 3.05) is 12.8 Å². The van der Waals surface area contributed by atoms with Crippen LogP contribution in [-0.2, 0) is 0 Å². The van der Waals surface area contributed by atoms with E-state index in [0.29, 0.717) is 17.0 Å². The van der Waals surface area contributed by atoms with Crippen molar-refractivity contribution in [2.24, 2.45) is 0 Å². The first-order chi connectivity index (χ1) is 10.9. The summed E-state index contributed by atoms with van der Waals surface area (Å²) in [5.41, 5.74) is 6.63. The topological polar surface area (TPSA) is 103 Å². The fourth-order valence-electron chi connectivity index (χ4n) is 2.60. The summed E-state index contributed by atoms with van der Waals surface area (Å²) in [4.78, 5) is 36.1. The Balaban J connectivity index is 2.43. The predicted molar refractivity (Wildman–Crippen MR) is 87.2 cm³/mol. The number of carbonyl (C=O) groups excluding carboxylic acids is 2. The summed E-state index contributed by atoms with van der Waals surface area (Å²) in [5.74, 6) is -0.929. The van der Waals surface area contributed by atoms with E-state index >= 15 is 0 Å². The molecule has 1 aliphatic heterocycles. The predicted octanol–water partition coefficient (Wildman–Crippen LogP) is 1.38. The highest BCUT2D eigenvalue weighted by atomic mass is 79.9. The van der Waals surface area contributed by atoms with Crippen LogP contribution in [0.4, 0.5) is 5.82 Å². The number of rotatable bonds is 2. The van der Waals surface area contributed by atoms with Crippen molar-refractivity contribution in [1.29, 1.82) is 0 Å². The van der Waals surface area contributed by atoms with E-state index < -0.39 is 17.4 Å². The third-order valence-electron chi connectivity index (χ3n) is 3.72. The number of halogens is 1. The molecule has 118 valence electrons. The number of nitrogens with zero attached hydrogens (tertiary/aromatic N) is 1. The molecule has 1 aliphatic rings. The summed E-state index contributed by atoms with van der Waals surface area (Å²) >= 11 is 3.39. The molecule has 0 saturated heterocycles. The maximum Gasteiger partial charge on any atom is 0.262 e. The summed E-state index contributed by atoms with van der Waals surface area (Å²) < 4.78 is 7.24. The molecule has 0 unspecified atom stereocenters. The molecule has 1 aromatic carbocycles. The molecule has 23 heavy (non-hydrogen) atoms. The molecule has 7 nitrogen and oxygen atoms in total. The zero-order valence-corrected chi connectivity index (χ0v) is 13.9. The number of amides is 2. The Morgan fingerprint density at radius 3 is 2.57 bits per heavy atom. The van der Waals surface area contributed by atoms with Crippen LogP contribution in [0.2, 0.25) is 0 Å². The van der Waals surface area contributed by atoms with Gasteiger partial charge in [0.15, 0.2) is 0 Å². The molecule has 2 amide bonds. The van der Waals surface area contributed by atoms with E-state index in [9.17, 15) is 14.4 Å². The monoisotopic (exact) mass is 377 g/mol. The van der Waals surface area contributed by atoms with Crippen molar-refractivity contribution in [3.63, 3.8) is 0 Å². The minimum atomic E-state index is -0.626. The molecule has 8 heteroatoms. The van der Waals surface area contributed by atoms with Gasteiger partial charge in [0.2, 0.25) is 0 Å². The van der Waals surface area contributed by atoms with Gasteiger partial charge in [0.25, 0.3) is 17.4 Å². The molecule has 0 bridgehead atoms. The van der Waals surface area contributed by atoms with E-state index in [1.54, 1.807) is 19.1 Å². The van der Waals surface area contributed by atoms with Crippen LogP contribution in [0, 0.1) is 6.92 Å². The van der Waals surface area contributed by atoms with E-state index in [4.69, 9.17) is 10.5 Å². The standard InChI is InChI=1S/C15H12BrN3O4/c1-6-8(16)3-4-9(23-2)12(6)19-10(20)5-7-11(13(19)17)15(22)18-14(7)21/h3-5H,17H2,1-2H3,(H,18,21,22). The molecular weight excluding hydrogens is 366 g/mol. The number of nitrogen functional groups attached to an aromatic ring is 1. The lowest BCUT2D eigenvalue weighted by atomic mass is 10.1. The van der Waals surface area contributed by atoms with Gasteiger partial charge in [0.05, 0.1) is 23.9 Å². The van der Waals surface area contributed by atoms with Crippen LogP contribution >= 0.6 is 15.9 Å². The molecule has 3 N–H and O–H groups in total. The Kier molecular flexibility index (Phi) is 3.48. The van der Waals surface area contributed by atoms with Crippen molar-refractivity contribution < 1.29 is 14.3 Å². The number of hydrogen-bond donors (Lipinski definition) is 2. The molecule has 3 rings (SSSR count). The summed E-state index contributed by atoms with van der Waals surface area (Å²) in [5, 5.41) is 2.13. The van der Waals surface area contributed by atoms with Crippen LogP contribution in [0.15, 0.2) is 27.5 Å². The first-order valence-electron chi connectivity index (χ1n) is 6.61. The number of ether oxygens (including phenoxy) is 1. The number of anilines is 1. The first-order valence-corrected chi connectivity index (χ1v) is 7.40. The molecule has 0 atom stereocenters. The number of nitrogens with two attached hydrogens (primary N) is 1. The van der Waals surface area contributed by atoms with Crippen molar-refractivity contribution in [1.82, 2.24) is 9.88 Å².